The molecule has 0 aliphatic heterocycles. The molecule has 2 aromatic heterocycles. The quantitative estimate of drug-likeness (QED) is 0.668. The average molecular weight is 360 g/mol. The van der Waals surface area contributed by atoms with E-state index in [1.165, 1.54) is 11.3 Å². The minimum Gasteiger partial charge on any atom is -0.354 e. The number of aromatic nitrogens is 2. The molecule has 1 atom stereocenters. The third kappa shape index (κ3) is 4.43. The lowest BCUT2D eigenvalue weighted by molar-refractivity contribution is -0.122. The summed E-state index contributed by atoms with van der Waals surface area (Å²) in [5.74, 6) is -0.456. The monoisotopic (exact) mass is 359 g/mol. The van der Waals surface area contributed by atoms with E-state index < -0.39 is 6.04 Å². The van der Waals surface area contributed by atoms with E-state index in [0.717, 1.165) is 22.3 Å². The highest BCUT2D eigenvalue weighted by Gasteiger charge is 2.19. The van der Waals surface area contributed by atoms with Crippen LogP contribution in [0.1, 0.15) is 28.7 Å². The van der Waals surface area contributed by atoms with Gasteiger partial charge < -0.3 is 16.4 Å². The van der Waals surface area contributed by atoms with Gasteiger partial charge in [-0.2, -0.15) is 5.10 Å². The Morgan fingerprint density at radius 3 is 2.78 bits per heavy atom. The van der Waals surface area contributed by atoms with Crippen LogP contribution in [0.3, 0.4) is 0 Å². The van der Waals surface area contributed by atoms with Gasteiger partial charge in [0.05, 0.1) is 10.6 Å². The molecule has 0 spiro atoms. The third-order valence-electron chi connectivity index (χ3n) is 3.34. The summed E-state index contributed by atoms with van der Waals surface area (Å²) >= 11 is 1.37. The van der Waals surface area contributed by atoms with Gasteiger partial charge in [-0.3, -0.25) is 14.3 Å². The van der Waals surface area contributed by atoms with Gasteiger partial charge in [0.15, 0.2) is 0 Å². The van der Waals surface area contributed by atoms with Gasteiger partial charge >= 0.3 is 0 Å². The maximum absolute atomic E-state index is 12.2. The van der Waals surface area contributed by atoms with Crippen molar-refractivity contribution in [3.8, 4) is 0 Å². The van der Waals surface area contributed by atoms with E-state index in [2.05, 4.69) is 15.7 Å². The number of carbonyl (C=O) groups excluding carboxylic acids is 2. The fraction of sp³-hybridized carbons (Fsp3) is 0.500. The first kappa shape index (κ1) is 19.4. The number of carbonyl (C=O) groups is 2. The van der Waals surface area contributed by atoms with Gasteiger partial charge in [0.25, 0.3) is 5.91 Å². The van der Waals surface area contributed by atoms with Crippen LogP contribution in [0, 0.1) is 6.92 Å². The van der Waals surface area contributed by atoms with Gasteiger partial charge in [0, 0.05) is 19.0 Å². The van der Waals surface area contributed by atoms with Crippen molar-refractivity contribution < 1.29 is 9.59 Å². The topological polar surface area (TPSA) is 102 Å². The smallest absolute Gasteiger partial charge is 0.262 e. The molecule has 0 saturated carbocycles. The van der Waals surface area contributed by atoms with E-state index in [9.17, 15) is 9.59 Å². The molecule has 0 saturated heterocycles. The van der Waals surface area contributed by atoms with Crippen molar-refractivity contribution in [1.29, 1.82) is 0 Å². The van der Waals surface area contributed by atoms with Gasteiger partial charge in [-0.1, -0.05) is 0 Å². The van der Waals surface area contributed by atoms with Crippen molar-refractivity contribution in [2.24, 2.45) is 12.8 Å². The van der Waals surface area contributed by atoms with Crippen molar-refractivity contribution in [3.63, 3.8) is 0 Å². The number of nitrogens with one attached hydrogen (secondary N) is 2. The van der Waals surface area contributed by atoms with Crippen molar-refractivity contribution in [2.45, 2.75) is 26.3 Å². The second-order valence-electron chi connectivity index (χ2n) is 5.17. The first-order valence-corrected chi connectivity index (χ1v) is 7.97. The molecule has 0 radical (unpaired) electrons. The maximum atomic E-state index is 12.2. The third-order valence-corrected chi connectivity index (χ3v) is 4.54. The van der Waals surface area contributed by atoms with Crippen LogP contribution in [0.4, 0.5) is 0 Å². The first-order chi connectivity index (χ1) is 10.4. The van der Waals surface area contributed by atoms with E-state index in [1.54, 1.807) is 11.6 Å². The fourth-order valence-corrected chi connectivity index (χ4v) is 3.14. The second-order valence-corrected chi connectivity index (χ2v) is 6.20. The zero-order chi connectivity index (χ0) is 16.3. The molecule has 2 amide bonds. The van der Waals surface area contributed by atoms with Crippen LogP contribution in [0.25, 0.3) is 10.2 Å². The van der Waals surface area contributed by atoms with Gasteiger partial charge in [-0.25, -0.2) is 0 Å². The molecular weight excluding hydrogens is 338 g/mol. The summed E-state index contributed by atoms with van der Waals surface area (Å²) in [6, 6.07) is 1.23. The van der Waals surface area contributed by atoms with E-state index in [-0.39, 0.29) is 24.2 Å². The second kappa shape index (κ2) is 8.28. The minimum absolute atomic E-state index is 0. The minimum atomic E-state index is -0.588. The fourth-order valence-electron chi connectivity index (χ4n) is 2.12. The lowest BCUT2D eigenvalue weighted by Gasteiger charge is -2.13. The van der Waals surface area contributed by atoms with Gasteiger partial charge in [-0.05, 0) is 32.9 Å². The summed E-state index contributed by atoms with van der Waals surface area (Å²) in [7, 11) is 1.85. The molecule has 0 aliphatic rings. The van der Waals surface area contributed by atoms with Crippen LogP contribution >= 0.6 is 23.7 Å². The van der Waals surface area contributed by atoms with Crippen LogP contribution in [-0.2, 0) is 11.8 Å². The average Bonchev–Trinajstić information content (AvgIpc) is 3.01. The summed E-state index contributed by atoms with van der Waals surface area (Å²) in [6.45, 7) is 4.61. The molecule has 4 N–H and O–H groups in total. The normalized spacial score (nSPS) is 11.8. The number of rotatable bonds is 6. The van der Waals surface area contributed by atoms with Crippen LogP contribution < -0.4 is 16.4 Å². The molecule has 0 fully saturated rings. The molecular formula is C14H22ClN5O2S. The van der Waals surface area contributed by atoms with Gasteiger partial charge in [-0.15, -0.1) is 23.7 Å². The summed E-state index contributed by atoms with van der Waals surface area (Å²) < 4.78 is 1.76. The maximum Gasteiger partial charge on any atom is 0.262 e. The van der Waals surface area contributed by atoms with Gasteiger partial charge in [0.1, 0.15) is 10.9 Å². The molecule has 1 unspecified atom stereocenters. The molecule has 2 rings (SSSR count). The Labute approximate surface area is 145 Å². The van der Waals surface area contributed by atoms with E-state index in [0.29, 0.717) is 18.0 Å². The molecule has 9 heteroatoms. The molecule has 7 nitrogen and oxygen atoms in total. The lowest BCUT2D eigenvalue weighted by Crippen LogP contribution is -2.45. The molecule has 128 valence electrons. The van der Waals surface area contributed by atoms with Crippen molar-refractivity contribution >= 4 is 45.8 Å². The highest BCUT2D eigenvalue weighted by molar-refractivity contribution is 7.20. The van der Waals surface area contributed by atoms with Crippen LogP contribution in [0.15, 0.2) is 6.07 Å². The van der Waals surface area contributed by atoms with E-state index >= 15 is 0 Å². The first-order valence-electron chi connectivity index (χ1n) is 7.15. The number of fused-ring (bicyclic) bond motifs is 1. The highest BCUT2D eigenvalue weighted by atomic mass is 35.5. The molecule has 0 aromatic carbocycles. The number of hydrogen-bond acceptors (Lipinski definition) is 5. The summed E-state index contributed by atoms with van der Waals surface area (Å²) in [5, 5.41) is 10.7. The number of hydrogen-bond donors (Lipinski definition) is 3. The Morgan fingerprint density at radius 2 is 2.17 bits per heavy atom. The Morgan fingerprint density at radius 1 is 1.48 bits per heavy atom. The van der Waals surface area contributed by atoms with E-state index in [1.807, 2.05) is 20.0 Å². The molecule has 0 aliphatic carbocycles. The Kier molecular flexibility index (Phi) is 6.99. The Bertz CT molecular complexity index is 662. The summed E-state index contributed by atoms with van der Waals surface area (Å²) in [4.78, 5) is 25.6. The zero-order valence-corrected chi connectivity index (χ0v) is 15.0. The largest absolute Gasteiger partial charge is 0.354 e. The zero-order valence-electron chi connectivity index (χ0n) is 13.4. The molecule has 2 heterocycles. The highest BCUT2D eigenvalue weighted by Crippen LogP contribution is 2.27. The summed E-state index contributed by atoms with van der Waals surface area (Å²) in [5.41, 5.74) is 6.26. The van der Waals surface area contributed by atoms with Crippen LogP contribution in [0.5, 0.6) is 0 Å². The number of nitrogens with two attached hydrogens (primary N) is 1. The van der Waals surface area contributed by atoms with Crippen LogP contribution in [-0.4, -0.2) is 40.7 Å². The number of halogens is 1. The Balaban J connectivity index is 0.00000264. The van der Waals surface area contributed by atoms with Crippen molar-refractivity contribution in [2.75, 3.05) is 13.1 Å². The number of amides is 2. The van der Waals surface area contributed by atoms with Crippen molar-refractivity contribution in [3.05, 3.63) is 16.6 Å². The van der Waals surface area contributed by atoms with Crippen LogP contribution in [0.2, 0.25) is 0 Å². The number of nitrogens with zero attached hydrogens (tertiary/aromatic N) is 2. The molecule has 0 bridgehead atoms. The van der Waals surface area contributed by atoms with E-state index in [4.69, 9.17) is 5.73 Å². The standard InChI is InChI=1S/C14H21N5O2S.ClH/c1-8-10-7-11(22-14(10)19(3)18-8)13(21)17-9(2)12(20)16-6-4-5-15;/h7,9H,4-6,15H2,1-3H3,(H,16,20)(H,17,21);1H. The summed E-state index contributed by atoms with van der Waals surface area (Å²) in [6.07, 6.45) is 0.717. The predicted octanol–water partition coefficient (Wildman–Crippen LogP) is 0.948. The predicted molar refractivity (Wildman–Crippen MR) is 94.2 cm³/mol. The molecule has 23 heavy (non-hydrogen) atoms. The lowest BCUT2D eigenvalue weighted by atomic mass is 10.2. The van der Waals surface area contributed by atoms with Gasteiger partial charge in [0.2, 0.25) is 5.91 Å². The SMILES string of the molecule is Cc1nn(C)c2sc(C(=O)NC(C)C(=O)NCCCN)cc12.Cl. The number of aryl methyl sites for hydroxylation is 2. The number of thiophene rings is 1. The van der Waals surface area contributed by atoms with Crippen molar-refractivity contribution in [1.82, 2.24) is 20.4 Å². The Hall–Kier alpha value is -1.64. The molecule has 2 aromatic rings.